The number of carbonyl (C=O) groups excluding carboxylic acids is 1. The van der Waals surface area contributed by atoms with Crippen LogP contribution in [0.2, 0.25) is 0 Å². The smallest absolute Gasteiger partial charge is 0.335 e. The first-order valence-corrected chi connectivity index (χ1v) is 6.77. The Hall–Kier alpha value is -2.42. The van der Waals surface area contributed by atoms with Crippen LogP contribution in [-0.2, 0) is 0 Å². The molecule has 0 aromatic heterocycles. The van der Waals surface area contributed by atoms with Crippen molar-refractivity contribution in [2.75, 3.05) is 0 Å². The van der Waals surface area contributed by atoms with Gasteiger partial charge in [0.05, 0.1) is 5.56 Å². The molecule has 0 bridgehead atoms. The van der Waals surface area contributed by atoms with Gasteiger partial charge in [-0.2, -0.15) is 0 Å². The lowest BCUT2D eigenvalue weighted by Gasteiger charge is -2.17. The Morgan fingerprint density at radius 3 is 2.00 bits per heavy atom. The zero-order valence-electron chi connectivity index (χ0n) is 12.4. The maximum Gasteiger partial charge on any atom is 0.335 e. The van der Waals surface area contributed by atoms with E-state index in [9.17, 15) is 9.59 Å². The van der Waals surface area contributed by atoms with Crippen molar-refractivity contribution in [2.24, 2.45) is 5.41 Å². The van der Waals surface area contributed by atoms with Gasteiger partial charge in [0.1, 0.15) is 0 Å². The van der Waals surface area contributed by atoms with Crippen LogP contribution in [0.3, 0.4) is 0 Å². The molecular weight excluding hydrogens is 264 g/mol. The Kier molecular flexibility index (Phi) is 3.94. The van der Waals surface area contributed by atoms with Gasteiger partial charge in [0.2, 0.25) is 0 Å². The lowest BCUT2D eigenvalue weighted by atomic mass is 9.85. The summed E-state index contributed by atoms with van der Waals surface area (Å²) in [5, 5.41) is 8.91. The number of Topliss-reactive ketones (excluding diaryl/α,β-unsaturated/α-hetero) is 1. The van der Waals surface area contributed by atoms with Gasteiger partial charge in [-0.15, -0.1) is 0 Å². The quantitative estimate of drug-likeness (QED) is 0.855. The molecule has 2 aromatic rings. The molecule has 21 heavy (non-hydrogen) atoms. The Labute approximate surface area is 124 Å². The first kappa shape index (κ1) is 15.0. The number of ketones is 1. The van der Waals surface area contributed by atoms with Crippen LogP contribution in [0.5, 0.6) is 0 Å². The van der Waals surface area contributed by atoms with Crippen molar-refractivity contribution in [1.82, 2.24) is 0 Å². The first-order valence-electron chi connectivity index (χ1n) is 6.77. The Balaban J connectivity index is 2.37. The number of rotatable bonds is 3. The molecule has 0 fully saturated rings. The molecule has 0 atom stereocenters. The number of hydrogen-bond acceptors (Lipinski definition) is 2. The molecule has 0 heterocycles. The summed E-state index contributed by atoms with van der Waals surface area (Å²) in [6.07, 6.45) is 0. The van der Waals surface area contributed by atoms with E-state index >= 15 is 0 Å². The largest absolute Gasteiger partial charge is 0.478 e. The molecule has 0 saturated heterocycles. The minimum absolute atomic E-state index is 0.0894. The van der Waals surface area contributed by atoms with E-state index in [0.717, 1.165) is 11.1 Å². The summed E-state index contributed by atoms with van der Waals surface area (Å²) in [6, 6.07) is 14.1. The number of carbonyl (C=O) groups is 2. The van der Waals surface area contributed by atoms with E-state index in [0.29, 0.717) is 5.56 Å². The van der Waals surface area contributed by atoms with Crippen molar-refractivity contribution in [3.8, 4) is 11.1 Å². The van der Waals surface area contributed by atoms with Crippen LogP contribution in [0.4, 0.5) is 0 Å². The highest BCUT2D eigenvalue weighted by Crippen LogP contribution is 2.25. The average Bonchev–Trinajstić information content (AvgIpc) is 2.45. The molecule has 0 aliphatic rings. The summed E-state index contributed by atoms with van der Waals surface area (Å²) in [5.41, 5.74) is 2.29. The van der Waals surface area contributed by atoms with Crippen molar-refractivity contribution < 1.29 is 14.7 Å². The molecule has 0 aliphatic carbocycles. The normalized spacial score (nSPS) is 11.2. The van der Waals surface area contributed by atoms with Crippen LogP contribution in [0.15, 0.2) is 48.5 Å². The van der Waals surface area contributed by atoms with E-state index in [2.05, 4.69) is 0 Å². The highest BCUT2D eigenvalue weighted by molar-refractivity contribution is 6.00. The fourth-order valence-electron chi connectivity index (χ4n) is 2.08. The number of benzene rings is 2. The molecule has 0 spiro atoms. The first-order chi connectivity index (χ1) is 9.79. The summed E-state index contributed by atoms with van der Waals surface area (Å²) in [4.78, 5) is 23.2. The van der Waals surface area contributed by atoms with Crippen molar-refractivity contribution in [2.45, 2.75) is 20.8 Å². The Morgan fingerprint density at radius 2 is 1.48 bits per heavy atom. The molecule has 0 unspecified atom stereocenters. The van der Waals surface area contributed by atoms with Crippen LogP contribution < -0.4 is 0 Å². The second kappa shape index (κ2) is 5.52. The average molecular weight is 282 g/mol. The molecule has 108 valence electrons. The summed E-state index contributed by atoms with van der Waals surface area (Å²) >= 11 is 0. The van der Waals surface area contributed by atoms with E-state index in [-0.39, 0.29) is 11.3 Å². The van der Waals surface area contributed by atoms with Gasteiger partial charge in [0.15, 0.2) is 5.78 Å². The third kappa shape index (κ3) is 3.37. The minimum atomic E-state index is -0.946. The highest BCUT2D eigenvalue weighted by Gasteiger charge is 2.22. The topological polar surface area (TPSA) is 54.4 Å². The molecule has 0 saturated carbocycles. The van der Waals surface area contributed by atoms with Crippen molar-refractivity contribution in [3.05, 3.63) is 59.7 Å². The van der Waals surface area contributed by atoms with E-state index in [1.165, 1.54) is 0 Å². The van der Waals surface area contributed by atoms with Gasteiger partial charge in [-0.05, 0) is 29.3 Å². The zero-order valence-corrected chi connectivity index (χ0v) is 12.4. The van der Waals surface area contributed by atoms with Crippen LogP contribution in [0.25, 0.3) is 11.1 Å². The third-order valence-electron chi connectivity index (χ3n) is 3.27. The van der Waals surface area contributed by atoms with Gasteiger partial charge in [-0.1, -0.05) is 51.1 Å². The van der Waals surface area contributed by atoms with Crippen LogP contribution >= 0.6 is 0 Å². The highest BCUT2D eigenvalue weighted by atomic mass is 16.4. The van der Waals surface area contributed by atoms with E-state index < -0.39 is 11.4 Å². The molecule has 1 N–H and O–H groups in total. The van der Waals surface area contributed by atoms with Gasteiger partial charge >= 0.3 is 5.97 Å². The van der Waals surface area contributed by atoms with Gasteiger partial charge in [-0.25, -0.2) is 4.79 Å². The number of aromatic carboxylic acids is 1. The van der Waals surface area contributed by atoms with Crippen molar-refractivity contribution in [1.29, 1.82) is 0 Å². The van der Waals surface area contributed by atoms with E-state index in [1.54, 1.807) is 24.3 Å². The molecule has 0 radical (unpaired) electrons. The second-order valence-corrected chi connectivity index (χ2v) is 6.04. The van der Waals surface area contributed by atoms with Gasteiger partial charge in [0.25, 0.3) is 0 Å². The second-order valence-electron chi connectivity index (χ2n) is 6.04. The monoisotopic (exact) mass is 282 g/mol. The molecule has 3 nitrogen and oxygen atoms in total. The minimum Gasteiger partial charge on any atom is -0.478 e. The number of carboxylic acid groups (broad SMARTS) is 1. The fraction of sp³-hybridized carbons (Fsp3) is 0.222. The SMILES string of the molecule is CC(C)(C)C(=O)c1cccc(-c2ccc(C(=O)O)cc2)c1. The van der Waals surface area contributed by atoms with E-state index in [1.807, 2.05) is 45.0 Å². The summed E-state index contributed by atoms with van der Waals surface area (Å²) in [6.45, 7) is 5.68. The predicted molar refractivity (Wildman–Crippen MR) is 82.6 cm³/mol. The lowest BCUT2D eigenvalue weighted by molar-refractivity contribution is 0.0696. The van der Waals surface area contributed by atoms with Crippen LogP contribution in [0, 0.1) is 5.41 Å². The molecule has 3 heteroatoms. The van der Waals surface area contributed by atoms with Crippen LogP contribution in [-0.4, -0.2) is 16.9 Å². The standard InChI is InChI=1S/C18H18O3/c1-18(2,3)16(19)15-6-4-5-14(11-15)12-7-9-13(10-8-12)17(20)21/h4-11H,1-3H3,(H,20,21). The Morgan fingerprint density at radius 1 is 0.857 bits per heavy atom. The van der Waals surface area contributed by atoms with Gasteiger partial charge < -0.3 is 5.11 Å². The van der Waals surface area contributed by atoms with Gasteiger partial charge in [0, 0.05) is 11.0 Å². The summed E-state index contributed by atoms with van der Waals surface area (Å²) in [5.74, 6) is -0.857. The van der Waals surface area contributed by atoms with E-state index in [4.69, 9.17) is 5.11 Å². The lowest BCUT2D eigenvalue weighted by Crippen LogP contribution is -2.20. The van der Waals surface area contributed by atoms with Crippen LogP contribution in [0.1, 0.15) is 41.5 Å². The maximum absolute atomic E-state index is 12.3. The Bertz CT molecular complexity index is 676. The third-order valence-corrected chi connectivity index (χ3v) is 3.27. The van der Waals surface area contributed by atoms with Crippen molar-refractivity contribution in [3.63, 3.8) is 0 Å². The molecule has 2 rings (SSSR count). The van der Waals surface area contributed by atoms with Crippen molar-refractivity contribution >= 4 is 11.8 Å². The summed E-state index contributed by atoms with van der Waals surface area (Å²) < 4.78 is 0. The maximum atomic E-state index is 12.3. The van der Waals surface area contributed by atoms with Gasteiger partial charge in [-0.3, -0.25) is 4.79 Å². The fourth-order valence-corrected chi connectivity index (χ4v) is 2.08. The molecule has 0 aliphatic heterocycles. The number of carboxylic acids is 1. The molecular formula is C18H18O3. The predicted octanol–water partition coefficient (Wildman–Crippen LogP) is 4.28. The molecule has 2 aromatic carbocycles. The number of hydrogen-bond donors (Lipinski definition) is 1. The zero-order chi connectivity index (χ0) is 15.6. The summed E-state index contributed by atoms with van der Waals surface area (Å²) in [7, 11) is 0. The molecule has 0 amide bonds.